The molecule has 0 radical (unpaired) electrons. The Hall–Kier alpha value is -2.16. The molecule has 0 aliphatic carbocycles. The summed E-state index contributed by atoms with van der Waals surface area (Å²) in [6.45, 7) is -1.23. The van der Waals surface area contributed by atoms with E-state index >= 15 is 0 Å². The molecular weight excluding hydrogens is 352 g/mol. The average molecular weight is 366 g/mol. The summed E-state index contributed by atoms with van der Waals surface area (Å²) in [7, 11) is 0. The molecule has 13 heteroatoms. The Bertz CT molecular complexity index is 630. The standard InChI is InChI=1S/C12H14O13/c13-3-4(14)7(17)11(21)8(18)12(22)24-6(16)2-10(20,9(19)25-12)1-5(15)23-11/h4,7,13-14,17,20-22H,1-3H2/t4-,7+,10?,11+,12?/m1/s1. The highest BCUT2D eigenvalue weighted by Crippen LogP contribution is 2.35. The third-order valence-electron chi connectivity index (χ3n) is 3.57. The number of ketones is 1. The summed E-state index contributed by atoms with van der Waals surface area (Å²) in [6.07, 6.45) is -7.52. The first-order chi connectivity index (χ1) is 11.4. The van der Waals surface area contributed by atoms with Crippen LogP contribution in [0.2, 0.25) is 0 Å². The first-order valence-corrected chi connectivity index (χ1v) is 6.74. The minimum Gasteiger partial charge on any atom is -0.422 e. The number of carbonyl (C=O) groups is 4. The summed E-state index contributed by atoms with van der Waals surface area (Å²) in [6, 6.07) is 0. The van der Waals surface area contributed by atoms with Crippen molar-refractivity contribution in [3.8, 4) is 0 Å². The molecule has 0 aromatic rings. The van der Waals surface area contributed by atoms with Gasteiger partial charge >= 0.3 is 35.5 Å². The quantitative estimate of drug-likeness (QED) is 0.258. The molecule has 0 aromatic heterocycles. The number of fused-ring (bicyclic) bond motifs is 3. The van der Waals surface area contributed by atoms with Crippen LogP contribution in [0.5, 0.6) is 0 Å². The molecule has 0 spiro atoms. The van der Waals surface area contributed by atoms with Crippen LogP contribution in [-0.4, -0.2) is 90.5 Å². The molecule has 140 valence electrons. The smallest absolute Gasteiger partial charge is 0.422 e. The molecule has 25 heavy (non-hydrogen) atoms. The molecule has 2 unspecified atom stereocenters. The summed E-state index contributed by atoms with van der Waals surface area (Å²) in [5, 5.41) is 58.3. The van der Waals surface area contributed by atoms with E-state index in [1.807, 2.05) is 0 Å². The second-order valence-electron chi connectivity index (χ2n) is 5.52. The number of ether oxygens (including phenoxy) is 3. The highest BCUT2D eigenvalue weighted by atomic mass is 16.9. The Labute approximate surface area is 137 Å². The zero-order chi connectivity index (χ0) is 19.2. The highest BCUT2D eigenvalue weighted by molar-refractivity contribution is 6.01. The molecule has 6 N–H and O–H groups in total. The predicted octanol–water partition coefficient (Wildman–Crippen LogP) is -5.23. The van der Waals surface area contributed by atoms with E-state index in [-0.39, 0.29) is 0 Å². The fraction of sp³-hybridized carbons (Fsp3) is 0.667. The second-order valence-corrected chi connectivity index (χ2v) is 5.52. The minimum atomic E-state index is -3.88. The number of hydrogen-bond acceptors (Lipinski definition) is 13. The Kier molecular flexibility index (Phi) is 4.58. The zero-order valence-electron chi connectivity index (χ0n) is 12.3. The number of aliphatic hydroxyl groups is 6. The maximum atomic E-state index is 12.3. The lowest BCUT2D eigenvalue weighted by atomic mass is 9.95. The highest BCUT2D eigenvalue weighted by Gasteiger charge is 2.67. The van der Waals surface area contributed by atoms with Crippen LogP contribution < -0.4 is 0 Å². The van der Waals surface area contributed by atoms with Gasteiger partial charge in [0, 0.05) is 0 Å². The van der Waals surface area contributed by atoms with Crippen molar-refractivity contribution in [2.45, 2.75) is 42.4 Å². The summed E-state index contributed by atoms with van der Waals surface area (Å²) in [4.78, 5) is 47.7. The van der Waals surface area contributed by atoms with Crippen LogP contribution in [0.15, 0.2) is 0 Å². The van der Waals surface area contributed by atoms with Gasteiger partial charge in [-0.25, -0.2) is 4.79 Å². The van der Waals surface area contributed by atoms with Gasteiger partial charge in [0.25, 0.3) is 0 Å². The van der Waals surface area contributed by atoms with Crippen molar-refractivity contribution in [3.05, 3.63) is 0 Å². The van der Waals surface area contributed by atoms with Crippen LogP contribution in [0.1, 0.15) is 12.8 Å². The van der Waals surface area contributed by atoms with Crippen molar-refractivity contribution < 1.29 is 64.0 Å². The Morgan fingerprint density at radius 1 is 0.920 bits per heavy atom. The Morgan fingerprint density at radius 3 is 1.96 bits per heavy atom. The van der Waals surface area contributed by atoms with Gasteiger partial charge in [-0.15, -0.1) is 0 Å². The Morgan fingerprint density at radius 2 is 1.44 bits per heavy atom. The first-order valence-electron chi connectivity index (χ1n) is 6.74. The van der Waals surface area contributed by atoms with E-state index in [0.29, 0.717) is 0 Å². The van der Waals surface area contributed by atoms with Crippen molar-refractivity contribution in [2.24, 2.45) is 0 Å². The van der Waals surface area contributed by atoms with Crippen molar-refractivity contribution in [1.29, 1.82) is 0 Å². The molecule has 0 amide bonds. The molecule has 2 aliphatic heterocycles. The molecule has 13 nitrogen and oxygen atoms in total. The second kappa shape index (κ2) is 5.98. The van der Waals surface area contributed by atoms with Crippen LogP contribution in [0.3, 0.4) is 0 Å². The predicted molar refractivity (Wildman–Crippen MR) is 66.5 cm³/mol. The van der Waals surface area contributed by atoms with E-state index in [9.17, 15) is 44.7 Å². The lowest BCUT2D eigenvalue weighted by Gasteiger charge is -2.35. The molecule has 2 saturated heterocycles. The number of cyclic esters (lactones) is 1. The fourth-order valence-corrected chi connectivity index (χ4v) is 2.25. The largest absolute Gasteiger partial charge is 0.445 e. The Balaban J connectivity index is 2.61. The van der Waals surface area contributed by atoms with Crippen molar-refractivity contribution in [2.75, 3.05) is 6.61 Å². The molecule has 2 fully saturated rings. The van der Waals surface area contributed by atoms with E-state index in [0.717, 1.165) is 0 Å². The molecular formula is C12H14O13. The maximum Gasteiger partial charge on any atom is 0.445 e. The van der Waals surface area contributed by atoms with Crippen molar-refractivity contribution in [3.63, 3.8) is 0 Å². The van der Waals surface area contributed by atoms with E-state index in [2.05, 4.69) is 14.2 Å². The van der Waals surface area contributed by atoms with E-state index in [4.69, 9.17) is 5.11 Å². The normalized spacial score (nSPS) is 38.5. The molecule has 2 aliphatic rings. The van der Waals surface area contributed by atoms with Gasteiger partial charge in [-0.2, -0.15) is 0 Å². The summed E-state index contributed by atoms with van der Waals surface area (Å²) in [5.41, 5.74) is -2.88. The van der Waals surface area contributed by atoms with Gasteiger partial charge in [-0.3, -0.25) is 14.4 Å². The van der Waals surface area contributed by atoms with Crippen LogP contribution in [0.25, 0.3) is 0 Å². The van der Waals surface area contributed by atoms with Gasteiger partial charge in [-0.1, -0.05) is 0 Å². The monoisotopic (exact) mass is 366 g/mol. The topological polar surface area (TPSA) is 217 Å². The molecule has 2 heterocycles. The van der Waals surface area contributed by atoms with E-state index in [1.165, 1.54) is 0 Å². The summed E-state index contributed by atoms with van der Waals surface area (Å²) in [5.74, 6) is -15.0. The molecule has 0 aromatic carbocycles. The van der Waals surface area contributed by atoms with Gasteiger partial charge in [0.05, 0.1) is 19.4 Å². The SMILES string of the molecule is O=C1CC2(O)CC(=O)O[C@@](O)([C@@H](O)[C@H](O)CO)C(=O)C(O)(O1)OC2=O. The lowest BCUT2D eigenvalue weighted by Crippen LogP contribution is -2.65. The summed E-state index contributed by atoms with van der Waals surface area (Å²) < 4.78 is 12.7. The van der Waals surface area contributed by atoms with Gasteiger partial charge in [-0.05, 0) is 0 Å². The van der Waals surface area contributed by atoms with Gasteiger partial charge in [0.15, 0.2) is 11.7 Å². The van der Waals surface area contributed by atoms with Crippen LogP contribution in [0, 0.1) is 0 Å². The minimum absolute atomic E-state index is 1.18. The van der Waals surface area contributed by atoms with Crippen molar-refractivity contribution >= 4 is 23.7 Å². The number of hydrogen-bond donors (Lipinski definition) is 6. The van der Waals surface area contributed by atoms with Crippen molar-refractivity contribution in [1.82, 2.24) is 0 Å². The van der Waals surface area contributed by atoms with E-state index in [1.54, 1.807) is 0 Å². The fourth-order valence-electron chi connectivity index (χ4n) is 2.25. The molecule has 0 saturated carbocycles. The molecule has 2 bridgehead atoms. The number of carbonyl (C=O) groups excluding carboxylic acids is 4. The van der Waals surface area contributed by atoms with Gasteiger partial charge in [0.2, 0.25) is 0 Å². The average Bonchev–Trinajstić information content (AvgIpc) is 2.57. The maximum absolute atomic E-state index is 12.3. The zero-order valence-corrected chi connectivity index (χ0v) is 12.3. The van der Waals surface area contributed by atoms with Crippen LogP contribution in [-0.2, 0) is 33.4 Å². The number of esters is 3. The number of aliphatic hydroxyl groups excluding tert-OH is 3. The first kappa shape index (κ1) is 19.2. The molecule has 5 atom stereocenters. The van der Waals surface area contributed by atoms with E-state index < -0.39 is 72.7 Å². The number of Topliss-reactive ketones (excluding diaryl/α,β-unsaturated/α-hetero) is 1. The third kappa shape index (κ3) is 3.08. The summed E-state index contributed by atoms with van der Waals surface area (Å²) >= 11 is 0. The lowest BCUT2D eigenvalue weighted by molar-refractivity contribution is -0.326. The molecule has 2 rings (SSSR count). The van der Waals surface area contributed by atoms with Crippen LogP contribution in [0.4, 0.5) is 0 Å². The van der Waals surface area contributed by atoms with Gasteiger partial charge in [0.1, 0.15) is 6.10 Å². The van der Waals surface area contributed by atoms with Gasteiger partial charge < -0.3 is 44.8 Å². The van der Waals surface area contributed by atoms with Crippen LogP contribution >= 0.6 is 0 Å². The third-order valence-corrected chi connectivity index (χ3v) is 3.57. The number of rotatable bonds is 3.